The molecule has 3 aromatic rings. The Labute approximate surface area is 317 Å². The van der Waals surface area contributed by atoms with Crippen molar-refractivity contribution >= 4 is 38.8 Å². The Morgan fingerprint density at radius 2 is 2.08 bits per heavy atom. The summed E-state index contributed by atoms with van der Waals surface area (Å²) in [5.74, 6) is 0.452. The summed E-state index contributed by atoms with van der Waals surface area (Å²) in [6.45, 7) is 4.05. The predicted molar refractivity (Wildman–Crippen MR) is 207 cm³/mol. The molecule has 282 valence electrons. The molecule has 2 aromatic carbocycles. The first-order valence-electron chi connectivity index (χ1n) is 19.1. The summed E-state index contributed by atoms with van der Waals surface area (Å²) >= 11 is 6.47. The minimum atomic E-state index is -3.26. The number of anilines is 1. The van der Waals surface area contributed by atoms with Crippen LogP contribution in [0.1, 0.15) is 78.4 Å². The summed E-state index contributed by atoms with van der Waals surface area (Å²) in [5, 5.41) is 8.05. The Kier molecular flexibility index (Phi) is 9.95. The van der Waals surface area contributed by atoms with Gasteiger partial charge in [0.05, 0.1) is 34.3 Å². The first-order chi connectivity index (χ1) is 25.5. The molecule has 1 spiro atoms. The van der Waals surface area contributed by atoms with Crippen molar-refractivity contribution in [3.8, 4) is 5.75 Å². The zero-order valence-electron chi connectivity index (χ0n) is 30.8. The van der Waals surface area contributed by atoms with Crippen molar-refractivity contribution in [1.82, 2.24) is 15.1 Å². The Bertz CT molecular complexity index is 2060. The lowest BCUT2D eigenvalue weighted by molar-refractivity contribution is -0.118. The second-order valence-electron chi connectivity index (χ2n) is 16.2. The molecule has 12 heteroatoms. The number of hydrogen-bond acceptors (Lipinski definition) is 7. The molecule has 1 aromatic heterocycles. The number of hydrogen-bond donors (Lipinski definition) is 1. The quantitative estimate of drug-likeness (QED) is 0.297. The van der Waals surface area contributed by atoms with Gasteiger partial charge in [-0.3, -0.25) is 14.3 Å². The minimum Gasteiger partial charge on any atom is -0.490 e. The number of amides is 2. The zero-order valence-corrected chi connectivity index (χ0v) is 32.4. The van der Waals surface area contributed by atoms with E-state index in [-0.39, 0.29) is 46.8 Å². The maximum Gasteiger partial charge on any atom is 0.285 e. The number of aromatic nitrogens is 2. The van der Waals surface area contributed by atoms with E-state index in [1.807, 2.05) is 44.6 Å². The first-order valence-corrected chi connectivity index (χ1v) is 21.3. The highest BCUT2D eigenvalue weighted by Crippen LogP contribution is 2.47. The van der Waals surface area contributed by atoms with Gasteiger partial charge in [0.2, 0.25) is 5.91 Å². The van der Waals surface area contributed by atoms with Crippen LogP contribution in [0.4, 0.5) is 5.69 Å². The number of rotatable bonds is 5. The number of nitrogens with zero attached hydrogens (tertiary/aromatic N) is 4. The third kappa shape index (κ3) is 7.54. The van der Waals surface area contributed by atoms with Gasteiger partial charge < -0.3 is 19.7 Å². The molecule has 5 aliphatic rings. The summed E-state index contributed by atoms with van der Waals surface area (Å²) < 4.78 is 33.6. The predicted octanol–water partition coefficient (Wildman–Crippen LogP) is 6.46. The monoisotopic (exact) mass is 759 g/mol. The van der Waals surface area contributed by atoms with E-state index >= 15 is 0 Å². The molecule has 3 aliphatic carbocycles. The second kappa shape index (κ2) is 14.5. The van der Waals surface area contributed by atoms with Crippen LogP contribution in [0.3, 0.4) is 0 Å². The number of fused-ring (bicyclic) bond motifs is 4. The Balaban J connectivity index is 1.13. The average Bonchev–Trinajstić information content (AvgIpc) is 3.76. The van der Waals surface area contributed by atoms with Crippen LogP contribution < -0.4 is 15.0 Å². The number of benzene rings is 2. The lowest BCUT2D eigenvalue weighted by atomic mass is 9.68. The van der Waals surface area contributed by atoms with Crippen molar-refractivity contribution in [2.24, 2.45) is 29.2 Å². The highest BCUT2D eigenvalue weighted by molar-refractivity contribution is 7.94. The number of halogens is 1. The van der Waals surface area contributed by atoms with Crippen LogP contribution in [0.25, 0.3) is 0 Å². The third-order valence-corrected chi connectivity index (χ3v) is 14.8. The van der Waals surface area contributed by atoms with E-state index < -0.39 is 15.6 Å². The maximum atomic E-state index is 14.7. The molecule has 8 rings (SSSR count). The number of methoxy groups -OCH3 is 1. The lowest BCUT2D eigenvalue weighted by Crippen LogP contribution is -2.49. The van der Waals surface area contributed by atoms with Crippen LogP contribution in [0, 0.1) is 17.8 Å². The topological polar surface area (TPSA) is 115 Å². The van der Waals surface area contributed by atoms with Crippen molar-refractivity contribution in [3.63, 3.8) is 0 Å². The Morgan fingerprint density at radius 1 is 1.21 bits per heavy atom. The molecule has 0 saturated heterocycles. The van der Waals surface area contributed by atoms with E-state index in [1.165, 1.54) is 11.1 Å². The molecule has 10 nitrogen and oxygen atoms in total. The summed E-state index contributed by atoms with van der Waals surface area (Å²) in [4.78, 5) is 29.9. The highest BCUT2D eigenvalue weighted by atomic mass is 35.5. The van der Waals surface area contributed by atoms with Crippen LogP contribution >= 0.6 is 11.6 Å². The summed E-state index contributed by atoms with van der Waals surface area (Å²) in [6.07, 6.45) is 14.6. The number of allylic oxidation sites excluding steroid dienone is 1. The molecule has 2 saturated carbocycles. The SMILES string of the molecule is CO[C@H]1/C=C/C[C@H](C)C[S@@](=O)(CC(=O)N[C@H]2C[C@@H]2c2cnn(C)c2)=NC(=O)c2ccc3c(c2)N(C[C@@H]2CC[C@H]21)C[C@@]1(CCCc2cc(Cl)ccc21)CO3. The van der Waals surface area contributed by atoms with E-state index in [1.54, 1.807) is 17.9 Å². The number of carbonyl (C=O) groups is 2. The molecular formula is C41H50ClN5O5S. The van der Waals surface area contributed by atoms with Gasteiger partial charge in [0, 0.05) is 67.2 Å². The van der Waals surface area contributed by atoms with E-state index in [2.05, 4.69) is 44.0 Å². The van der Waals surface area contributed by atoms with Gasteiger partial charge in [-0.2, -0.15) is 9.46 Å². The lowest BCUT2D eigenvalue weighted by Gasteiger charge is -2.46. The highest BCUT2D eigenvalue weighted by Gasteiger charge is 2.45. The summed E-state index contributed by atoms with van der Waals surface area (Å²) in [6, 6.07) is 11.7. The standard InChI is InChI=1S/C41H50ClN5O5S/c1-26-6-4-8-37(51-3)32-12-9-29(32)21-47-24-41(15-5-7-27-16-31(42)11-13-34(27)41)25-52-38-14-10-28(17-36(38)47)40(49)45-53(50,22-26)23-39(48)44-35-18-33(35)30-19-43-46(2)20-30/h4,8,10-11,13-14,16-17,19-20,26,29,32-33,35,37H,5-7,9,12,15,18,21-25H2,1-3H3,(H,44,48)/b8-4+/t26-,29-,32+,33+,35-,37-,41-,53+/m0/s1. The van der Waals surface area contributed by atoms with Crippen molar-refractivity contribution in [1.29, 1.82) is 0 Å². The largest absolute Gasteiger partial charge is 0.490 e. The molecule has 0 unspecified atom stereocenters. The third-order valence-electron chi connectivity index (χ3n) is 12.2. The van der Waals surface area contributed by atoms with Gasteiger partial charge in [0.15, 0.2) is 0 Å². The summed E-state index contributed by atoms with van der Waals surface area (Å²) in [7, 11) is 0.385. The van der Waals surface area contributed by atoms with Gasteiger partial charge in [0.25, 0.3) is 5.91 Å². The number of ether oxygens (including phenoxy) is 2. The zero-order chi connectivity index (χ0) is 36.9. The molecular weight excluding hydrogens is 710 g/mol. The molecule has 3 heterocycles. The first kappa shape index (κ1) is 36.3. The van der Waals surface area contributed by atoms with Gasteiger partial charge in [-0.1, -0.05) is 36.7 Å². The van der Waals surface area contributed by atoms with Crippen LogP contribution in [0.2, 0.25) is 5.02 Å². The molecule has 0 radical (unpaired) electrons. The van der Waals surface area contributed by atoms with Crippen LogP contribution in [-0.4, -0.2) is 76.3 Å². The van der Waals surface area contributed by atoms with Crippen molar-refractivity contribution in [2.45, 2.75) is 75.3 Å². The van der Waals surface area contributed by atoms with Crippen molar-refractivity contribution in [3.05, 3.63) is 88.2 Å². The molecule has 8 atom stereocenters. The normalized spacial score (nSPS) is 33.0. The molecule has 2 amide bonds. The van der Waals surface area contributed by atoms with Crippen LogP contribution in [0.15, 0.2) is 65.3 Å². The number of carbonyl (C=O) groups excluding carboxylic acids is 2. The van der Waals surface area contributed by atoms with Gasteiger partial charge in [-0.15, -0.1) is 0 Å². The van der Waals surface area contributed by atoms with Crippen molar-refractivity contribution in [2.75, 3.05) is 43.2 Å². The fourth-order valence-electron chi connectivity index (χ4n) is 9.28. The number of nitrogens with one attached hydrogen (secondary N) is 1. The fourth-order valence-corrected chi connectivity index (χ4v) is 11.7. The van der Waals surface area contributed by atoms with E-state index in [4.69, 9.17) is 21.1 Å². The Morgan fingerprint density at radius 3 is 2.85 bits per heavy atom. The van der Waals surface area contributed by atoms with Gasteiger partial charge in [-0.05, 0) is 110 Å². The maximum absolute atomic E-state index is 14.7. The Hall–Kier alpha value is -3.67. The van der Waals surface area contributed by atoms with Crippen LogP contribution in [0.5, 0.6) is 5.75 Å². The van der Waals surface area contributed by atoms with E-state index in [0.717, 1.165) is 73.6 Å². The second-order valence-corrected chi connectivity index (χ2v) is 19.0. The van der Waals surface area contributed by atoms with E-state index in [0.29, 0.717) is 30.4 Å². The van der Waals surface area contributed by atoms with Crippen molar-refractivity contribution < 1.29 is 23.3 Å². The molecule has 2 aliphatic heterocycles. The van der Waals surface area contributed by atoms with E-state index in [9.17, 15) is 13.8 Å². The van der Waals surface area contributed by atoms with Gasteiger partial charge in [0.1, 0.15) is 11.5 Å². The molecule has 2 bridgehead atoms. The molecule has 53 heavy (non-hydrogen) atoms. The van der Waals surface area contributed by atoms with Gasteiger partial charge >= 0.3 is 0 Å². The van der Waals surface area contributed by atoms with Crippen LogP contribution in [-0.2, 0) is 38.1 Å². The molecule has 1 N–H and O–H groups in total. The average molecular weight is 760 g/mol. The van der Waals surface area contributed by atoms with Gasteiger partial charge in [-0.25, -0.2) is 4.21 Å². The number of aryl methyl sites for hydroxylation is 2. The smallest absolute Gasteiger partial charge is 0.285 e. The fraction of sp³-hybridized carbons (Fsp3) is 0.537. The summed E-state index contributed by atoms with van der Waals surface area (Å²) in [5.41, 5.74) is 4.57. The molecule has 2 fully saturated rings. The minimum absolute atomic E-state index is 0.0397.